The van der Waals surface area contributed by atoms with Crippen molar-refractivity contribution in [1.29, 1.82) is 0 Å². The molecule has 0 saturated heterocycles. The number of nitrogens with one attached hydrogen (secondary N) is 2. The number of nitrogens with two attached hydrogens (primary N) is 1. The highest BCUT2D eigenvalue weighted by atomic mass is 16.1. The van der Waals surface area contributed by atoms with Crippen LogP contribution in [0.3, 0.4) is 0 Å². The van der Waals surface area contributed by atoms with Gasteiger partial charge in [-0.25, -0.2) is 0 Å². The van der Waals surface area contributed by atoms with Crippen LogP contribution in [0.15, 0.2) is 18.3 Å². The van der Waals surface area contributed by atoms with Gasteiger partial charge in [0, 0.05) is 12.2 Å². The van der Waals surface area contributed by atoms with Gasteiger partial charge < -0.3 is 10.7 Å². The predicted octanol–water partition coefficient (Wildman–Crippen LogP) is 1.29. The Bertz CT molecular complexity index is 407. The molecule has 0 spiro atoms. The Labute approximate surface area is 101 Å². The summed E-state index contributed by atoms with van der Waals surface area (Å²) in [5, 5.41) is 3.03. The molecular weight excluding hydrogens is 216 g/mol. The second kappa shape index (κ2) is 5.14. The molecule has 0 aliphatic heterocycles. The third-order valence-corrected chi connectivity index (χ3v) is 3.34. The normalized spacial score (nSPS) is 23.4. The Balaban J connectivity index is 2.03. The van der Waals surface area contributed by atoms with Gasteiger partial charge in [-0.15, -0.1) is 0 Å². The number of nitrogens with zero attached hydrogens (tertiary/aromatic N) is 1. The van der Waals surface area contributed by atoms with Gasteiger partial charge >= 0.3 is 0 Å². The lowest BCUT2D eigenvalue weighted by molar-refractivity contribution is 0.0924. The molecule has 5 nitrogen and oxygen atoms in total. The van der Waals surface area contributed by atoms with E-state index in [-0.39, 0.29) is 11.9 Å². The SMILES string of the molecule is CC1CCCC1NC(=O)c1cc(NN)ccn1. The highest BCUT2D eigenvalue weighted by Gasteiger charge is 2.25. The molecule has 1 saturated carbocycles. The Morgan fingerprint density at radius 3 is 3.00 bits per heavy atom. The van der Waals surface area contributed by atoms with E-state index in [1.54, 1.807) is 18.3 Å². The zero-order chi connectivity index (χ0) is 12.3. The summed E-state index contributed by atoms with van der Waals surface area (Å²) >= 11 is 0. The molecule has 1 aliphatic carbocycles. The predicted molar refractivity (Wildman–Crippen MR) is 66.3 cm³/mol. The molecule has 1 amide bonds. The third-order valence-electron chi connectivity index (χ3n) is 3.34. The Hall–Kier alpha value is -1.62. The van der Waals surface area contributed by atoms with Gasteiger partial charge in [0.05, 0.1) is 5.69 Å². The van der Waals surface area contributed by atoms with E-state index >= 15 is 0 Å². The lowest BCUT2D eigenvalue weighted by atomic mass is 10.1. The number of anilines is 1. The lowest BCUT2D eigenvalue weighted by Gasteiger charge is -2.17. The van der Waals surface area contributed by atoms with Gasteiger partial charge in [0.15, 0.2) is 0 Å². The van der Waals surface area contributed by atoms with Crippen molar-refractivity contribution in [3.05, 3.63) is 24.0 Å². The summed E-state index contributed by atoms with van der Waals surface area (Å²) in [7, 11) is 0. The maximum Gasteiger partial charge on any atom is 0.270 e. The summed E-state index contributed by atoms with van der Waals surface area (Å²) in [5.41, 5.74) is 3.59. The summed E-state index contributed by atoms with van der Waals surface area (Å²) in [6.45, 7) is 2.17. The minimum absolute atomic E-state index is 0.124. The number of hydrazine groups is 1. The first kappa shape index (κ1) is 11.9. The van der Waals surface area contributed by atoms with Crippen LogP contribution in [0.25, 0.3) is 0 Å². The highest BCUT2D eigenvalue weighted by molar-refractivity contribution is 5.93. The average Bonchev–Trinajstić information content (AvgIpc) is 2.75. The molecule has 1 fully saturated rings. The standard InChI is InChI=1S/C12H18N4O/c1-8-3-2-4-10(8)15-12(17)11-7-9(16-13)5-6-14-11/h5-8,10H,2-4,13H2,1H3,(H,14,16)(H,15,17). The van der Waals surface area contributed by atoms with Gasteiger partial charge in [-0.3, -0.25) is 15.6 Å². The van der Waals surface area contributed by atoms with Gasteiger partial charge in [-0.1, -0.05) is 13.3 Å². The maximum absolute atomic E-state index is 12.0. The van der Waals surface area contributed by atoms with E-state index in [0.717, 1.165) is 6.42 Å². The topological polar surface area (TPSA) is 80.0 Å². The maximum atomic E-state index is 12.0. The first-order chi connectivity index (χ1) is 8.20. The number of amides is 1. The van der Waals surface area contributed by atoms with Crippen LogP contribution in [-0.2, 0) is 0 Å². The summed E-state index contributed by atoms with van der Waals surface area (Å²) < 4.78 is 0. The van der Waals surface area contributed by atoms with Crippen molar-refractivity contribution < 1.29 is 4.79 Å². The first-order valence-electron chi connectivity index (χ1n) is 5.94. The second-order valence-corrected chi connectivity index (χ2v) is 4.56. The van der Waals surface area contributed by atoms with Crippen molar-refractivity contribution in [2.45, 2.75) is 32.2 Å². The van der Waals surface area contributed by atoms with Crippen LogP contribution in [-0.4, -0.2) is 16.9 Å². The smallest absolute Gasteiger partial charge is 0.270 e. The summed E-state index contributed by atoms with van der Waals surface area (Å²) in [6.07, 6.45) is 5.00. The summed E-state index contributed by atoms with van der Waals surface area (Å²) in [4.78, 5) is 16.0. The minimum Gasteiger partial charge on any atom is -0.348 e. The molecule has 2 atom stereocenters. The number of carbonyl (C=O) groups is 1. The molecule has 1 aromatic rings. The zero-order valence-corrected chi connectivity index (χ0v) is 9.94. The molecular formula is C12H18N4O. The van der Waals surface area contributed by atoms with Crippen LogP contribution < -0.4 is 16.6 Å². The number of aromatic nitrogens is 1. The van der Waals surface area contributed by atoms with Gasteiger partial charge in [0.1, 0.15) is 5.69 Å². The number of hydrogen-bond acceptors (Lipinski definition) is 4. The number of rotatable bonds is 3. The van der Waals surface area contributed by atoms with Gasteiger partial charge in [-0.05, 0) is 30.9 Å². The average molecular weight is 234 g/mol. The van der Waals surface area contributed by atoms with Crippen LogP contribution in [0.1, 0.15) is 36.7 Å². The molecule has 5 heteroatoms. The van der Waals surface area contributed by atoms with Crippen LogP contribution in [0.2, 0.25) is 0 Å². The van der Waals surface area contributed by atoms with E-state index in [2.05, 4.69) is 22.7 Å². The second-order valence-electron chi connectivity index (χ2n) is 4.56. The number of pyridine rings is 1. The Morgan fingerprint density at radius 1 is 1.53 bits per heavy atom. The monoisotopic (exact) mass is 234 g/mol. The van der Waals surface area contributed by atoms with E-state index in [4.69, 9.17) is 5.84 Å². The first-order valence-corrected chi connectivity index (χ1v) is 5.94. The number of nitrogen functional groups attached to an aromatic ring is 1. The van der Waals surface area contributed by atoms with Gasteiger partial charge in [0.2, 0.25) is 0 Å². The molecule has 17 heavy (non-hydrogen) atoms. The molecule has 4 N–H and O–H groups in total. The van der Waals surface area contributed by atoms with Crippen LogP contribution in [0, 0.1) is 5.92 Å². The third kappa shape index (κ3) is 2.74. The fourth-order valence-corrected chi connectivity index (χ4v) is 2.25. The molecule has 0 bridgehead atoms. The summed E-state index contributed by atoms with van der Waals surface area (Å²) in [5.74, 6) is 5.72. The largest absolute Gasteiger partial charge is 0.348 e. The number of carbonyl (C=O) groups excluding carboxylic acids is 1. The quantitative estimate of drug-likeness (QED) is 0.544. The van der Waals surface area contributed by atoms with Gasteiger partial charge in [0.25, 0.3) is 5.91 Å². The minimum atomic E-state index is -0.124. The van der Waals surface area contributed by atoms with Crippen molar-refractivity contribution in [2.75, 3.05) is 5.43 Å². The van der Waals surface area contributed by atoms with E-state index < -0.39 is 0 Å². The molecule has 92 valence electrons. The zero-order valence-electron chi connectivity index (χ0n) is 9.94. The van der Waals surface area contributed by atoms with Crippen LogP contribution >= 0.6 is 0 Å². The van der Waals surface area contributed by atoms with Gasteiger partial charge in [-0.2, -0.15) is 0 Å². The summed E-state index contributed by atoms with van der Waals surface area (Å²) in [6, 6.07) is 3.64. The molecule has 0 radical (unpaired) electrons. The Morgan fingerprint density at radius 2 is 2.35 bits per heavy atom. The van der Waals surface area contributed by atoms with Crippen LogP contribution in [0.4, 0.5) is 5.69 Å². The van der Waals surface area contributed by atoms with Crippen molar-refractivity contribution in [2.24, 2.45) is 11.8 Å². The lowest BCUT2D eigenvalue weighted by Crippen LogP contribution is -2.36. The molecule has 2 unspecified atom stereocenters. The molecule has 1 heterocycles. The highest BCUT2D eigenvalue weighted by Crippen LogP contribution is 2.25. The Kier molecular flexibility index (Phi) is 3.58. The van der Waals surface area contributed by atoms with E-state index in [9.17, 15) is 4.79 Å². The van der Waals surface area contributed by atoms with E-state index in [0.29, 0.717) is 17.3 Å². The fourth-order valence-electron chi connectivity index (χ4n) is 2.25. The van der Waals surface area contributed by atoms with E-state index in [1.807, 2.05) is 0 Å². The molecule has 1 aromatic heterocycles. The van der Waals surface area contributed by atoms with Crippen molar-refractivity contribution in [3.8, 4) is 0 Å². The number of hydrogen-bond donors (Lipinski definition) is 3. The van der Waals surface area contributed by atoms with Crippen molar-refractivity contribution in [1.82, 2.24) is 10.3 Å². The van der Waals surface area contributed by atoms with Crippen molar-refractivity contribution >= 4 is 11.6 Å². The van der Waals surface area contributed by atoms with E-state index in [1.165, 1.54) is 12.8 Å². The molecule has 1 aliphatic rings. The fraction of sp³-hybridized carbons (Fsp3) is 0.500. The molecule has 0 aromatic carbocycles. The van der Waals surface area contributed by atoms with Crippen LogP contribution in [0.5, 0.6) is 0 Å². The van der Waals surface area contributed by atoms with Crippen molar-refractivity contribution in [3.63, 3.8) is 0 Å². The molecule has 2 rings (SSSR count).